The van der Waals surface area contributed by atoms with Crippen molar-refractivity contribution in [2.45, 2.75) is 25.4 Å². The van der Waals surface area contributed by atoms with Crippen molar-refractivity contribution in [2.24, 2.45) is 0 Å². The number of benzene rings is 4. The van der Waals surface area contributed by atoms with Gasteiger partial charge in [-0.1, -0.05) is 42.5 Å². The molecule has 1 heterocycles. The lowest BCUT2D eigenvalue weighted by atomic mass is 9.96. The van der Waals surface area contributed by atoms with Crippen molar-refractivity contribution in [1.29, 1.82) is 0 Å². The van der Waals surface area contributed by atoms with Gasteiger partial charge < -0.3 is 25.4 Å². The molecule has 39 heavy (non-hydrogen) atoms. The predicted molar refractivity (Wildman–Crippen MR) is 154 cm³/mol. The summed E-state index contributed by atoms with van der Waals surface area (Å²) in [6.45, 7) is 3.82. The number of piperazine rings is 1. The molecule has 202 valence electrons. The first-order valence-corrected chi connectivity index (χ1v) is 13.5. The van der Waals surface area contributed by atoms with E-state index in [-0.39, 0.29) is 17.7 Å². The third kappa shape index (κ3) is 6.86. The van der Waals surface area contributed by atoms with Crippen LogP contribution in [0.2, 0.25) is 0 Å². The molecule has 0 aromatic heterocycles. The molecule has 1 aliphatic heterocycles. The number of carbonyl (C=O) groups excluding carboxylic acids is 1. The second-order valence-corrected chi connectivity index (χ2v) is 9.93. The number of phenols is 1. The molecule has 1 unspecified atom stereocenters. The number of phenolic OH excluding ortho intramolecular Hbond substituents is 1. The van der Waals surface area contributed by atoms with Crippen LogP contribution < -0.4 is 20.3 Å². The van der Waals surface area contributed by atoms with E-state index < -0.39 is 0 Å². The van der Waals surface area contributed by atoms with Crippen LogP contribution in [0.3, 0.4) is 0 Å². The Morgan fingerprint density at radius 3 is 2.62 bits per heavy atom. The minimum Gasteiger partial charge on any atom is -0.507 e. The van der Waals surface area contributed by atoms with Crippen molar-refractivity contribution < 1.29 is 19.0 Å². The van der Waals surface area contributed by atoms with E-state index in [1.165, 1.54) is 6.07 Å². The molecule has 3 N–H and O–H groups in total. The average Bonchev–Trinajstić information content (AvgIpc) is 2.96. The number of hydrogen-bond acceptors (Lipinski definition) is 5. The van der Waals surface area contributed by atoms with Gasteiger partial charge in [-0.15, -0.1) is 0 Å². The minimum absolute atomic E-state index is 0.229. The van der Waals surface area contributed by atoms with Crippen LogP contribution in [0.1, 0.15) is 18.4 Å². The molecule has 4 aromatic rings. The van der Waals surface area contributed by atoms with Gasteiger partial charge in [0.1, 0.15) is 23.4 Å². The highest BCUT2D eigenvalue weighted by Crippen LogP contribution is 2.33. The molecule has 1 fully saturated rings. The van der Waals surface area contributed by atoms with Crippen LogP contribution in [0, 0.1) is 5.82 Å². The van der Waals surface area contributed by atoms with Crippen LogP contribution in [0.25, 0.3) is 21.9 Å². The maximum atomic E-state index is 14.5. The highest BCUT2D eigenvalue weighted by atomic mass is 19.1. The first-order chi connectivity index (χ1) is 19.1. The number of amides is 1. The summed E-state index contributed by atoms with van der Waals surface area (Å²) in [6.07, 6.45) is 2.41. The lowest BCUT2D eigenvalue weighted by Gasteiger charge is -2.30. The van der Waals surface area contributed by atoms with Crippen LogP contribution in [0.5, 0.6) is 11.5 Å². The molecule has 0 saturated carbocycles. The Morgan fingerprint density at radius 1 is 0.974 bits per heavy atom. The highest BCUT2D eigenvalue weighted by molar-refractivity contribution is 5.88. The zero-order chi connectivity index (χ0) is 27.0. The molecule has 0 spiro atoms. The number of rotatable bonds is 11. The van der Waals surface area contributed by atoms with Gasteiger partial charge in [0, 0.05) is 62.5 Å². The maximum absolute atomic E-state index is 14.5. The fourth-order valence-electron chi connectivity index (χ4n) is 5.13. The molecular formula is C32H34FN3O3. The summed E-state index contributed by atoms with van der Waals surface area (Å²) in [4.78, 5) is 13.0. The molecule has 1 saturated heterocycles. The lowest BCUT2D eigenvalue weighted by molar-refractivity contribution is -0.109. The summed E-state index contributed by atoms with van der Waals surface area (Å²) in [5.41, 5.74) is 3.61. The normalized spacial score (nSPS) is 14.2. The van der Waals surface area contributed by atoms with Crippen molar-refractivity contribution in [3.05, 3.63) is 90.2 Å². The van der Waals surface area contributed by atoms with E-state index >= 15 is 0 Å². The summed E-state index contributed by atoms with van der Waals surface area (Å²) >= 11 is 0. The largest absolute Gasteiger partial charge is 0.507 e. The van der Waals surface area contributed by atoms with Gasteiger partial charge in [0.05, 0.1) is 0 Å². The number of aromatic hydroxyl groups is 1. The smallest absolute Gasteiger partial charge is 0.207 e. The first-order valence-electron chi connectivity index (χ1n) is 13.5. The van der Waals surface area contributed by atoms with Crippen LogP contribution in [-0.4, -0.2) is 50.3 Å². The number of ether oxygens (including phenoxy) is 1. The Labute approximate surface area is 228 Å². The Bertz CT molecular complexity index is 1420. The van der Waals surface area contributed by atoms with Gasteiger partial charge in [0.15, 0.2) is 0 Å². The standard InChI is InChI=1S/C32H34FN3O3/c33-27-19-28(36-15-13-34-14-16-36)21-30(20-27)39-29(11-12-35-22-37)9-5-23-6-10-32(38)31(17-23)26-8-7-24-3-1-2-4-25(24)18-26/h1-4,6-8,10,17-22,29,34,38H,5,9,11-16H2,(H,35,37). The molecule has 0 radical (unpaired) electrons. The number of carbonyl (C=O) groups is 1. The number of hydrogen-bond donors (Lipinski definition) is 3. The fraction of sp³-hybridized carbons (Fsp3) is 0.281. The zero-order valence-electron chi connectivity index (χ0n) is 21.9. The van der Waals surface area contributed by atoms with Crippen LogP contribution >= 0.6 is 0 Å². The quantitative estimate of drug-likeness (QED) is 0.183. The average molecular weight is 528 g/mol. The van der Waals surface area contributed by atoms with Crippen molar-refractivity contribution in [1.82, 2.24) is 10.6 Å². The Kier molecular flexibility index (Phi) is 8.58. The van der Waals surface area contributed by atoms with Gasteiger partial charge in [-0.2, -0.15) is 0 Å². The second kappa shape index (κ2) is 12.6. The number of nitrogens with one attached hydrogen (secondary N) is 2. The van der Waals surface area contributed by atoms with E-state index in [0.29, 0.717) is 38.0 Å². The number of nitrogens with zero attached hydrogens (tertiary/aromatic N) is 1. The summed E-state index contributed by atoms with van der Waals surface area (Å²) < 4.78 is 20.8. The Morgan fingerprint density at radius 2 is 1.79 bits per heavy atom. The van der Waals surface area contributed by atoms with Crippen molar-refractivity contribution in [3.8, 4) is 22.6 Å². The molecule has 1 amide bonds. The molecule has 5 rings (SSSR count). The molecule has 0 aliphatic carbocycles. The fourth-order valence-corrected chi connectivity index (χ4v) is 5.13. The summed E-state index contributed by atoms with van der Waals surface area (Å²) in [6, 6.07) is 24.9. The maximum Gasteiger partial charge on any atom is 0.207 e. The molecule has 0 bridgehead atoms. The van der Waals surface area contributed by atoms with Crippen LogP contribution in [0.4, 0.5) is 10.1 Å². The lowest BCUT2D eigenvalue weighted by Crippen LogP contribution is -2.43. The van der Waals surface area contributed by atoms with Gasteiger partial charge in [-0.05, 0) is 59.0 Å². The van der Waals surface area contributed by atoms with Crippen LogP contribution in [0.15, 0.2) is 78.9 Å². The molecule has 1 atom stereocenters. The number of fused-ring (bicyclic) bond motifs is 1. The summed E-state index contributed by atoms with van der Waals surface area (Å²) in [5, 5.41) is 18.9. The number of anilines is 1. The third-order valence-corrected chi connectivity index (χ3v) is 7.21. The zero-order valence-corrected chi connectivity index (χ0v) is 21.9. The van der Waals surface area contributed by atoms with Gasteiger partial charge in [-0.3, -0.25) is 4.79 Å². The third-order valence-electron chi connectivity index (χ3n) is 7.21. The molecular weight excluding hydrogens is 493 g/mol. The van der Waals surface area contributed by atoms with Crippen LogP contribution in [-0.2, 0) is 11.2 Å². The molecule has 7 heteroatoms. The van der Waals surface area contributed by atoms with E-state index in [4.69, 9.17) is 4.74 Å². The van der Waals surface area contributed by atoms with E-state index in [2.05, 4.69) is 39.8 Å². The molecule has 1 aliphatic rings. The SMILES string of the molecule is O=CNCCC(CCc1ccc(O)c(-c2ccc3ccccc3c2)c1)Oc1cc(F)cc(N2CCNCC2)c1. The summed E-state index contributed by atoms with van der Waals surface area (Å²) in [7, 11) is 0. The Hall–Kier alpha value is -4.10. The molecule has 6 nitrogen and oxygen atoms in total. The van der Waals surface area contributed by atoms with E-state index in [1.54, 1.807) is 12.1 Å². The number of aryl methyl sites for hydroxylation is 1. The van der Waals surface area contributed by atoms with E-state index in [0.717, 1.165) is 59.3 Å². The first kappa shape index (κ1) is 26.5. The Balaban J connectivity index is 1.32. The van der Waals surface area contributed by atoms with Crippen molar-refractivity contribution in [2.75, 3.05) is 37.6 Å². The monoisotopic (exact) mass is 527 g/mol. The molecule has 4 aromatic carbocycles. The van der Waals surface area contributed by atoms with Crippen molar-refractivity contribution >= 4 is 22.9 Å². The van der Waals surface area contributed by atoms with Gasteiger partial charge in [-0.25, -0.2) is 4.39 Å². The van der Waals surface area contributed by atoms with Crippen molar-refractivity contribution in [3.63, 3.8) is 0 Å². The second-order valence-electron chi connectivity index (χ2n) is 9.93. The van der Waals surface area contributed by atoms with Gasteiger partial charge in [0.2, 0.25) is 6.41 Å². The van der Waals surface area contributed by atoms with Gasteiger partial charge in [0.25, 0.3) is 0 Å². The minimum atomic E-state index is -0.329. The number of halogens is 1. The highest BCUT2D eigenvalue weighted by Gasteiger charge is 2.17. The predicted octanol–water partition coefficient (Wildman–Crippen LogP) is 5.28. The van der Waals surface area contributed by atoms with E-state index in [9.17, 15) is 14.3 Å². The van der Waals surface area contributed by atoms with Gasteiger partial charge >= 0.3 is 0 Å². The van der Waals surface area contributed by atoms with E-state index in [1.807, 2.05) is 36.4 Å². The topological polar surface area (TPSA) is 73.8 Å². The summed E-state index contributed by atoms with van der Waals surface area (Å²) in [5.74, 6) is 0.392.